The van der Waals surface area contributed by atoms with Crippen molar-refractivity contribution in [2.45, 2.75) is 12.5 Å². The molecule has 1 atom stereocenters. The molecular weight excluding hydrogens is 270 g/mol. The number of nitrogens with zero attached hydrogens (tertiary/aromatic N) is 2. The van der Waals surface area contributed by atoms with Gasteiger partial charge in [-0.3, -0.25) is 9.78 Å². The fraction of sp³-hybridized carbons (Fsp3) is 0.133. The zero-order valence-corrected chi connectivity index (χ0v) is 11.1. The van der Waals surface area contributed by atoms with Crippen LogP contribution in [0.3, 0.4) is 0 Å². The van der Waals surface area contributed by atoms with Crippen LogP contribution in [-0.4, -0.2) is 21.0 Å². The van der Waals surface area contributed by atoms with Crippen molar-refractivity contribution in [1.82, 2.24) is 9.97 Å². The van der Waals surface area contributed by atoms with E-state index in [1.54, 1.807) is 42.7 Å². The SMILES string of the molecule is NC(=O)Cc1ccc2oc(C(O)c3ccncc3)cc2n1. The van der Waals surface area contributed by atoms with Crippen LogP contribution in [0.2, 0.25) is 0 Å². The lowest BCUT2D eigenvalue weighted by atomic mass is 10.1. The van der Waals surface area contributed by atoms with E-state index in [1.165, 1.54) is 0 Å². The quantitative estimate of drug-likeness (QED) is 0.752. The third kappa shape index (κ3) is 2.75. The maximum Gasteiger partial charge on any atom is 0.223 e. The van der Waals surface area contributed by atoms with Gasteiger partial charge in [0.1, 0.15) is 17.4 Å². The number of amides is 1. The fourth-order valence-electron chi connectivity index (χ4n) is 2.11. The van der Waals surface area contributed by atoms with Crippen LogP contribution in [0.25, 0.3) is 11.1 Å². The highest BCUT2D eigenvalue weighted by molar-refractivity contribution is 5.78. The topological polar surface area (TPSA) is 102 Å². The molecule has 3 aromatic rings. The number of aliphatic hydroxyl groups is 1. The zero-order chi connectivity index (χ0) is 14.8. The monoisotopic (exact) mass is 283 g/mol. The second-order valence-electron chi connectivity index (χ2n) is 4.66. The molecule has 0 aliphatic rings. The molecule has 1 amide bonds. The van der Waals surface area contributed by atoms with E-state index in [0.717, 1.165) is 0 Å². The standard InChI is InChI=1S/C15H13N3O3/c16-14(19)7-10-1-2-12-11(18-10)8-13(21-12)15(20)9-3-5-17-6-4-9/h1-6,8,15,20H,7H2,(H2,16,19). The van der Waals surface area contributed by atoms with E-state index in [-0.39, 0.29) is 6.42 Å². The molecule has 6 nitrogen and oxygen atoms in total. The van der Waals surface area contributed by atoms with Gasteiger partial charge in [-0.05, 0) is 29.8 Å². The fourth-order valence-corrected chi connectivity index (χ4v) is 2.11. The summed E-state index contributed by atoms with van der Waals surface area (Å²) in [6, 6.07) is 8.47. The third-order valence-corrected chi connectivity index (χ3v) is 3.10. The summed E-state index contributed by atoms with van der Waals surface area (Å²) < 4.78 is 5.60. The Morgan fingerprint density at radius 1 is 1.29 bits per heavy atom. The molecule has 1 unspecified atom stereocenters. The summed E-state index contributed by atoms with van der Waals surface area (Å²) in [4.78, 5) is 19.1. The largest absolute Gasteiger partial charge is 0.456 e. The highest BCUT2D eigenvalue weighted by atomic mass is 16.4. The van der Waals surface area contributed by atoms with E-state index in [0.29, 0.717) is 28.1 Å². The summed E-state index contributed by atoms with van der Waals surface area (Å²) in [5.74, 6) is -0.0534. The molecule has 0 fully saturated rings. The lowest BCUT2D eigenvalue weighted by Crippen LogP contribution is -2.14. The number of nitrogens with two attached hydrogens (primary N) is 1. The second kappa shape index (κ2) is 5.34. The average molecular weight is 283 g/mol. The van der Waals surface area contributed by atoms with Crippen molar-refractivity contribution in [1.29, 1.82) is 0 Å². The Kier molecular flexibility index (Phi) is 3.37. The van der Waals surface area contributed by atoms with Crippen LogP contribution < -0.4 is 5.73 Å². The van der Waals surface area contributed by atoms with Crippen molar-refractivity contribution < 1.29 is 14.3 Å². The maximum absolute atomic E-state index is 10.9. The van der Waals surface area contributed by atoms with Gasteiger partial charge >= 0.3 is 0 Å². The molecule has 0 saturated carbocycles. The van der Waals surface area contributed by atoms with E-state index in [1.807, 2.05) is 0 Å². The van der Waals surface area contributed by atoms with Crippen molar-refractivity contribution in [2.75, 3.05) is 0 Å². The van der Waals surface area contributed by atoms with Gasteiger partial charge in [-0.2, -0.15) is 0 Å². The molecule has 0 aliphatic carbocycles. The smallest absolute Gasteiger partial charge is 0.223 e. The molecule has 0 radical (unpaired) electrons. The summed E-state index contributed by atoms with van der Waals surface area (Å²) in [5.41, 5.74) is 7.53. The van der Waals surface area contributed by atoms with Crippen LogP contribution in [0.15, 0.2) is 47.1 Å². The molecule has 0 aliphatic heterocycles. The molecule has 106 valence electrons. The maximum atomic E-state index is 10.9. The van der Waals surface area contributed by atoms with Gasteiger partial charge in [0.05, 0.1) is 12.1 Å². The molecule has 6 heteroatoms. The highest BCUT2D eigenvalue weighted by Gasteiger charge is 2.16. The van der Waals surface area contributed by atoms with Gasteiger partial charge in [0, 0.05) is 18.5 Å². The third-order valence-electron chi connectivity index (χ3n) is 3.10. The number of pyridine rings is 2. The number of carbonyl (C=O) groups excluding carboxylic acids is 1. The summed E-state index contributed by atoms with van der Waals surface area (Å²) >= 11 is 0. The van der Waals surface area contributed by atoms with Crippen LogP contribution in [0.4, 0.5) is 0 Å². The van der Waals surface area contributed by atoms with Gasteiger partial charge in [0.15, 0.2) is 5.58 Å². The molecule has 3 rings (SSSR count). The van der Waals surface area contributed by atoms with Gasteiger partial charge < -0.3 is 15.3 Å². The lowest BCUT2D eigenvalue weighted by molar-refractivity contribution is -0.117. The molecule has 3 heterocycles. The Morgan fingerprint density at radius 3 is 2.76 bits per heavy atom. The van der Waals surface area contributed by atoms with Crippen molar-refractivity contribution in [3.63, 3.8) is 0 Å². The van der Waals surface area contributed by atoms with Crippen molar-refractivity contribution in [3.8, 4) is 0 Å². The Labute approximate surface area is 120 Å². The minimum Gasteiger partial charge on any atom is -0.456 e. The number of primary amides is 1. The first-order valence-corrected chi connectivity index (χ1v) is 6.39. The normalized spacial score (nSPS) is 12.4. The second-order valence-corrected chi connectivity index (χ2v) is 4.66. The van der Waals surface area contributed by atoms with Crippen molar-refractivity contribution >= 4 is 17.0 Å². The molecule has 0 aromatic carbocycles. The highest BCUT2D eigenvalue weighted by Crippen LogP contribution is 2.27. The van der Waals surface area contributed by atoms with E-state index < -0.39 is 12.0 Å². The van der Waals surface area contributed by atoms with Crippen LogP contribution in [0.1, 0.15) is 23.1 Å². The number of rotatable bonds is 4. The number of hydrogen-bond donors (Lipinski definition) is 2. The number of aliphatic hydroxyl groups excluding tert-OH is 1. The van der Waals surface area contributed by atoms with E-state index in [2.05, 4.69) is 9.97 Å². The predicted molar refractivity (Wildman–Crippen MR) is 75.2 cm³/mol. The Bertz CT molecular complexity index is 783. The van der Waals surface area contributed by atoms with Crippen LogP contribution in [0, 0.1) is 0 Å². The van der Waals surface area contributed by atoms with E-state index >= 15 is 0 Å². The summed E-state index contributed by atoms with van der Waals surface area (Å²) in [7, 11) is 0. The van der Waals surface area contributed by atoms with Gasteiger partial charge in [-0.15, -0.1) is 0 Å². The first kappa shape index (κ1) is 13.3. The number of carbonyl (C=O) groups is 1. The lowest BCUT2D eigenvalue weighted by Gasteiger charge is -2.06. The van der Waals surface area contributed by atoms with Crippen LogP contribution in [-0.2, 0) is 11.2 Å². The molecule has 0 bridgehead atoms. The van der Waals surface area contributed by atoms with Crippen molar-refractivity contribution in [3.05, 3.63) is 59.7 Å². The zero-order valence-electron chi connectivity index (χ0n) is 11.1. The number of furan rings is 1. The van der Waals surface area contributed by atoms with Gasteiger partial charge in [0.2, 0.25) is 5.91 Å². The average Bonchev–Trinajstić information content (AvgIpc) is 2.90. The molecule has 0 spiro atoms. The Hall–Kier alpha value is -2.73. The molecule has 0 saturated heterocycles. The van der Waals surface area contributed by atoms with Gasteiger partial charge in [-0.1, -0.05) is 0 Å². The van der Waals surface area contributed by atoms with Crippen LogP contribution in [0.5, 0.6) is 0 Å². The number of hydrogen-bond acceptors (Lipinski definition) is 5. The Balaban J connectivity index is 1.95. The van der Waals surface area contributed by atoms with Gasteiger partial charge in [-0.25, -0.2) is 4.98 Å². The van der Waals surface area contributed by atoms with E-state index in [9.17, 15) is 9.90 Å². The van der Waals surface area contributed by atoms with E-state index in [4.69, 9.17) is 10.2 Å². The summed E-state index contributed by atoms with van der Waals surface area (Å²) in [6.07, 6.45) is 2.39. The first-order chi connectivity index (χ1) is 10.1. The van der Waals surface area contributed by atoms with Crippen molar-refractivity contribution in [2.24, 2.45) is 5.73 Å². The van der Waals surface area contributed by atoms with Gasteiger partial charge in [0.25, 0.3) is 0 Å². The molecule has 3 aromatic heterocycles. The first-order valence-electron chi connectivity index (χ1n) is 6.39. The molecule has 3 N–H and O–H groups in total. The number of fused-ring (bicyclic) bond motifs is 1. The minimum absolute atomic E-state index is 0.0728. The predicted octanol–water partition coefficient (Wildman–Crippen LogP) is 1.33. The van der Waals surface area contributed by atoms with Crippen LogP contribution >= 0.6 is 0 Å². The summed E-state index contributed by atoms with van der Waals surface area (Å²) in [6.45, 7) is 0. The number of aromatic nitrogens is 2. The Morgan fingerprint density at radius 2 is 2.05 bits per heavy atom. The minimum atomic E-state index is -0.887. The molecular formula is C15H13N3O3. The molecule has 21 heavy (non-hydrogen) atoms. The summed E-state index contributed by atoms with van der Waals surface area (Å²) in [5, 5.41) is 10.3.